The first-order valence-corrected chi connectivity index (χ1v) is 12.2. The second-order valence-corrected chi connectivity index (χ2v) is 9.77. The van der Waals surface area contributed by atoms with Gasteiger partial charge in [0.1, 0.15) is 6.04 Å². The summed E-state index contributed by atoms with van der Waals surface area (Å²) in [6.45, 7) is 9.36. The van der Waals surface area contributed by atoms with E-state index in [9.17, 15) is 4.79 Å². The van der Waals surface area contributed by atoms with Crippen molar-refractivity contribution in [2.75, 3.05) is 11.4 Å². The van der Waals surface area contributed by atoms with Crippen LogP contribution in [0.25, 0.3) is 10.9 Å². The van der Waals surface area contributed by atoms with Crippen LogP contribution in [0.5, 0.6) is 0 Å². The summed E-state index contributed by atoms with van der Waals surface area (Å²) < 4.78 is 1.90. The number of fused-ring (bicyclic) bond motifs is 2. The van der Waals surface area contributed by atoms with E-state index >= 15 is 0 Å². The van der Waals surface area contributed by atoms with Crippen molar-refractivity contribution in [3.8, 4) is 0 Å². The number of nitrogens with one attached hydrogen (secondary N) is 1. The highest BCUT2D eigenvalue weighted by Gasteiger charge is 2.36. The largest absolute Gasteiger partial charge is 0.357 e. The number of tetrazole rings is 1. The molecule has 5 rings (SSSR count). The number of aromatic amines is 1. The van der Waals surface area contributed by atoms with Crippen molar-refractivity contribution >= 4 is 16.6 Å². The van der Waals surface area contributed by atoms with Gasteiger partial charge < -0.3 is 9.88 Å². The van der Waals surface area contributed by atoms with Gasteiger partial charge in [0.2, 0.25) is 0 Å². The average molecular weight is 457 g/mol. The molecular formula is C27H32N6O. The van der Waals surface area contributed by atoms with Crippen LogP contribution in [0, 0.1) is 0 Å². The zero-order valence-corrected chi connectivity index (χ0v) is 20.4. The van der Waals surface area contributed by atoms with Gasteiger partial charge in [-0.15, -0.1) is 5.10 Å². The molecule has 0 fully saturated rings. The highest BCUT2D eigenvalue weighted by molar-refractivity contribution is 5.80. The van der Waals surface area contributed by atoms with Crippen molar-refractivity contribution in [1.82, 2.24) is 25.2 Å². The summed E-state index contributed by atoms with van der Waals surface area (Å²) >= 11 is 0. The third kappa shape index (κ3) is 3.79. The maximum absolute atomic E-state index is 13.5. The van der Waals surface area contributed by atoms with Gasteiger partial charge in [0.15, 0.2) is 5.82 Å². The minimum atomic E-state index is -0.402. The fraction of sp³-hybridized carbons (Fsp3) is 0.407. The van der Waals surface area contributed by atoms with Gasteiger partial charge in [0, 0.05) is 23.3 Å². The van der Waals surface area contributed by atoms with E-state index in [1.807, 2.05) is 16.8 Å². The van der Waals surface area contributed by atoms with Crippen LogP contribution < -0.4 is 10.5 Å². The number of hydrogen-bond donors (Lipinski definition) is 1. The standard InChI is InChI=1S/C27H32N6O/c1-5-18-13-14-22-20(16-18)17-21(26(34)28-22)24(25-29-30-31-33(25)27(3,4)6-2)32-15-9-11-19-10-7-8-12-23(19)32/h7-8,10,12-14,16-17,24H,5-6,9,11,15H2,1-4H3,(H,28,34). The molecule has 0 bridgehead atoms. The van der Waals surface area contributed by atoms with Crippen LogP contribution >= 0.6 is 0 Å². The molecule has 1 unspecified atom stereocenters. The fourth-order valence-electron chi connectivity index (χ4n) is 4.92. The molecule has 0 spiro atoms. The summed E-state index contributed by atoms with van der Waals surface area (Å²) in [5, 5.41) is 14.0. The maximum atomic E-state index is 13.5. The molecule has 0 saturated heterocycles. The second-order valence-electron chi connectivity index (χ2n) is 9.77. The number of rotatable bonds is 6. The van der Waals surface area contributed by atoms with Crippen LogP contribution in [-0.4, -0.2) is 31.7 Å². The van der Waals surface area contributed by atoms with Crippen LogP contribution in [0.15, 0.2) is 53.3 Å². The smallest absolute Gasteiger partial charge is 0.254 e. The van der Waals surface area contributed by atoms with Crippen molar-refractivity contribution in [2.24, 2.45) is 0 Å². The first-order valence-electron chi connectivity index (χ1n) is 12.2. The van der Waals surface area contributed by atoms with E-state index in [4.69, 9.17) is 0 Å². The Balaban J connectivity index is 1.77. The van der Waals surface area contributed by atoms with Crippen LogP contribution in [0.2, 0.25) is 0 Å². The Bertz CT molecular complexity index is 1390. The molecular weight excluding hydrogens is 424 g/mol. The van der Waals surface area contributed by atoms with Crippen molar-refractivity contribution in [3.63, 3.8) is 0 Å². The van der Waals surface area contributed by atoms with Gasteiger partial charge in [-0.3, -0.25) is 4.79 Å². The summed E-state index contributed by atoms with van der Waals surface area (Å²) in [7, 11) is 0. The van der Waals surface area contributed by atoms with Gasteiger partial charge in [0.05, 0.1) is 5.54 Å². The Morgan fingerprint density at radius 1 is 1.12 bits per heavy atom. The Labute approximate surface area is 199 Å². The van der Waals surface area contributed by atoms with Crippen molar-refractivity contribution in [1.29, 1.82) is 0 Å². The van der Waals surface area contributed by atoms with Crippen LogP contribution in [0.4, 0.5) is 5.69 Å². The van der Waals surface area contributed by atoms with E-state index in [2.05, 4.69) is 89.5 Å². The number of H-pyrrole nitrogens is 1. The number of aromatic nitrogens is 5. The highest BCUT2D eigenvalue weighted by atomic mass is 16.1. The monoisotopic (exact) mass is 456 g/mol. The molecule has 1 atom stereocenters. The minimum Gasteiger partial charge on any atom is -0.357 e. The SMILES string of the molecule is CCc1ccc2[nH]c(=O)c(C(c3nnnn3C(C)(C)CC)N3CCCc4ccccc43)cc2c1. The van der Waals surface area contributed by atoms with E-state index in [0.717, 1.165) is 48.8 Å². The first-order chi connectivity index (χ1) is 16.4. The van der Waals surface area contributed by atoms with E-state index in [0.29, 0.717) is 11.4 Å². The fourth-order valence-corrected chi connectivity index (χ4v) is 4.92. The molecule has 3 heterocycles. The molecule has 2 aromatic heterocycles. The van der Waals surface area contributed by atoms with Gasteiger partial charge in [-0.1, -0.05) is 38.1 Å². The number of para-hydroxylation sites is 1. The number of aryl methyl sites for hydroxylation is 2. The predicted octanol–water partition coefficient (Wildman–Crippen LogP) is 4.76. The summed E-state index contributed by atoms with van der Waals surface area (Å²) in [5.74, 6) is 0.694. The van der Waals surface area contributed by atoms with E-state index in [1.165, 1.54) is 11.1 Å². The van der Waals surface area contributed by atoms with Gasteiger partial charge >= 0.3 is 0 Å². The molecule has 34 heavy (non-hydrogen) atoms. The molecule has 1 aliphatic heterocycles. The van der Waals surface area contributed by atoms with Crippen LogP contribution in [0.3, 0.4) is 0 Å². The number of nitrogens with zero attached hydrogens (tertiary/aromatic N) is 5. The van der Waals surface area contributed by atoms with E-state index in [-0.39, 0.29) is 11.1 Å². The molecule has 7 heteroatoms. The molecule has 176 valence electrons. The van der Waals surface area contributed by atoms with Gasteiger partial charge in [0.25, 0.3) is 5.56 Å². The van der Waals surface area contributed by atoms with Crippen molar-refractivity contribution in [3.05, 3.63) is 81.4 Å². The molecule has 0 radical (unpaired) electrons. The second kappa shape index (κ2) is 8.70. The lowest BCUT2D eigenvalue weighted by atomic mass is 9.95. The normalized spacial score (nSPS) is 14.9. The zero-order valence-electron chi connectivity index (χ0n) is 20.4. The Kier molecular flexibility index (Phi) is 5.71. The summed E-state index contributed by atoms with van der Waals surface area (Å²) in [6.07, 6.45) is 3.84. The lowest BCUT2D eigenvalue weighted by molar-refractivity contribution is 0.287. The molecule has 0 amide bonds. The molecule has 2 aromatic carbocycles. The molecule has 0 saturated carbocycles. The summed E-state index contributed by atoms with van der Waals surface area (Å²) in [5.41, 5.74) is 4.79. The maximum Gasteiger partial charge on any atom is 0.254 e. The first kappa shape index (κ1) is 22.3. The highest BCUT2D eigenvalue weighted by Crippen LogP contribution is 2.38. The van der Waals surface area contributed by atoms with Crippen LogP contribution in [0.1, 0.15) is 69.1 Å². The molecule has 7 nitrogen and oxygen atoms in total. The van der Waals surface area contributed by atoms with Crippen LogP contribution in [-0.2, 0) is 18.4 Å². The number of anilines is 1. The van der Waals surface area contributed by atoms with E-state index in [1.54, 1.807) is 0 Å². The van der Waals surface area contributed by atoms with Gasteiger partial charge in [-0.05, 0) is 90.7 Å². The van der Waals surface area contributed by atoms with E-state index < -0.39 is 6.04 Å². The molecule has 1 aliphatic rings. The lowest BCUT2D eigenvalue weighted by Gasteiger charge is -2.38. The predicted molar refractivity (Wildman–Crippen MR) is 135 cm³/mol. The molecule has 0 aliphatic carbocycles. The summed E-state index contributed by atoms with van der Waals surface area (Å²) in [6, 6.07) is 16.3. The lowest BCUT2D eigenvalue weighted by Crippen LogP contribution is -2.40. The minimum absolute atomic E-state index is 0.103. The Hall–Kier alpha value is -3.48. The molecule has 1 N–H and O–H groups in total. The number of benzene rings is 2. The molecule has 4 aromatic rings. The van der Waals surface area contributed by atoms with Crippen molar-refractivity contribution < 1.29 is 0 Å². The third-order valence-electron chi connectivity index (χ3n) is 7.27. The average Bonchev–Trinajstić information content (AvgIpc) is 3.35. The quantitative estimate of drug-likeness (QED) is 0.452. The third-order valence-corrected chi connectivity index (χ3v) is 7.27. The number of pyridine rings is 1. The Morgan fingerprint density at radius 3 is 2.74 bits per heavy atom. The summed E-state index contributed by atoms with van der Waals surface area (Å²) in [4.78, 5) is 19.0. The van der Waals surface area contributed by atoms with Gasteiger partial charge in [-0.2, -0.15) is 0 Å². The topological polar surface area (TPSA) is 79.7 Å². The number of hydrogen-bond acceptors (Lipinski definition) is 5. The Morgan fingerprint density at radius 2 is 1.94 bits per heavy atom. The van der Waals surface area contributed by atoms with Gasteiger partial charge in [-0.25, -0.2) is 4.68 Å². The van der Waals surface area contributed by atoms with Crippen molar-refractivity contribution in [2.45, 2.75) is 65.0 Å². The zero-order chi connectivity index (χ0) is 23.9.